The van der Waals surface area contributed by atoms with Gasteiger partial charge in [-0.15, -0.1) is 11.8 Å². The first-order chi connectivity index (χ1) is 12.5. The molecule has 0 aliphatic rings. The van der Waals surface area contributed by atoms with Gasteiger partial charge in [0.1, 0.15) is 0 Å². The van der Waals surface area contributed by atoms with E-state index < -0.39 is 0 Å². The number of carbonyl (C=O) groups is 2. The lowest BCUT2D eigenvalue weighted by molar-refractivity contribution is -0.129. The highest BCUT2D eigenvalue weighted by Crippen LogP contribution is 2.20. The summed E-state index contributed by atoms with van der Waals surface area (Å²) in [4.78, 5) is 25.8. The maximum Gasteiger partial charge on any atom is 0.237 e. The minimum absolute atomic E-state index is 0.0120. The Morgan fingerprint density at radius 3 is 2.42 bits per heavy atom. The number of hydrogen-bond acceptors (Lipinski definition) is 3. The minimum Gasteiger partial charge on any atom is -0.339 e. The Bertz CT molecular complexity index is 734. The first-order valence-electron chi connectivity index (χ1n) is 8.80. The van der Waals surface area contributed by atoms with Crippen molar-refractivity contribution in [2.24, 2.45) is 0 Å². The quantitative estimate of drug-likeness (QED) is 0.753. The number of anilines is 1. The summed E-state index contributed by atoms with van der Waals surface area (Å²) in [6.45, 7) is 6.66. The molecule has 2 aromatic rings. The van der Waals surface area contributed by atoms with E-state index in [0.717, 1.165) is 17.0 Å². The Balaban J connectivity index is 1.91. The van der Waals surface area contributed by atoms with E-state index in [2.05, 4.69) is 17.4 Å². The molecule has 2 rings (SSSR count). The molecule has 1 unspecified atom stereocenters. The fourth-order valence-corrected chi connectivity index (χ4v) is 3.37. The molecule has 1 atom stereocenters. The highest BCUT2D eigenvalue weighted by Gasteiger charge is 2.14. The van der Waals surface area contributed by atoms with E-state index >= 15 is 0 Å². The van der Waals surface area contributed by atoms with Gasteiger partial charge < -0.3 is 10.2 Å². The van der Waals surface area contributed by atoms with E-state index in [4.69, 9.17) is 0 Å². The smallest absolute Gasteiger partial charge is 0.237 e. The third kappa shape index (κ3) is 6.23. The topological polar surface area (TPSA) is 49.4 Å². The van der Waals surface area contributed by atoms with Crippen molar-refractivity contribution < 1.29 is 9.59 Å². The van der Waals surface area contributed by atoms with E-state index in [0.29, 0.717) is 13.1 Å². The zero-order valence-corrected chi connectivity index (χ0v) is 16.4. The molecule has 26 heavy (non-hydrogen) atoms. The predicted molar refractivity (Wildman–Crippen MR) is 109 cm³/mol. The summed E-state index contributed by atoms with van der Waals surface area (Å²) < 4.78 is 0. The average molecular weight is 371 g/mol. The van der Waals surface area contributed by atoms with Crippen LogP contribution in [-0.2, 0) is 21.9 Å². The van der Waals surface area contributed by atoms with Crippen LogP contribution in [0.4, 0.5) is 5.69 Å². The van der Waals surface area contributed by atoms with Crippen LogP contribution >= 0.6 is 11.8 Å². The molecular weight excluding hydrogens is 344 g/mol. The standard InChI is InChI=1S/C21H26N2O2S/c1-4-23(17(3)24)14-19-11-8-12-20(13-19)22-21(25)16(2)26-15-18-9-6-5-7-10-18/h5-13,16H,4,14-15H2,1-3H3,(H,22,25). The number of nitrogens with one attached hydrogen (secondary N) is 1. The van der Waals surface area contributed by atoms with Crippen molar-refractivity contribution in [1.82, 2.24) is 4.90 Å². The van der Waals surface area contributed by atoms with Crippen molar-refractivity contribution in [3.63, 3.8) is 0 Å². The molecule has 1 N–H and O–H groups in total. The number of rotatable bonds is 8. The van der Waals surface area contributed by atoms with E-state index in [1.807, 2.05) is 56.3 Å². The van der Waals surface area contributed by atoms with Gasteiger partial charge in [-0.05, 0) is 37.1 Å². The number of thioether (sulfide) groups is 1. The number of amides is 2. The highest BCUT2D eigenvalue weighted by atomic mass is 32.2. The Kier molecular flexibility index (Phi) is 7.73. The highest BCUT2D eigenvalue weighted by molar-refractivity contribution is 7.99. The van der Waals surface area contributed by atoms with Gasteiger partial charge in [0.15, 0.2) is 0 Å². The summed E-state index contributed by atoms with van der Waals surface area (Å²) in [5.74, 6) is 0.842. The van der Waals surface area contributed by atoms with E-state index in [9.17, 15) is 9.59 Å². The SMILES string of the molecule is CCN(Cc1cccc(NC(=O)C(C)SCc2ccccc2)c1)C(C)=O. The van der Waals surface area contributed by atoms with Gasteiger partial charge in [-0.1, -0.05) is 42.5 Å². The van der Waals surface area contributed by atoms with Crippen molar-refractivity contribution in [1.29, 1.82) is 0 Å². The number of nitrogens with zero attached hydrogens (tertiary/aromatic N) is 1. The van der Waals surface area contributed by atoms with Gasteiger partial charge in [0.05, 0.1) is 5.25 Å². The van der Waals surface area contributed by atoms with Crippen molar-refractivity contribution in [2.45, 2.75) is 38.3 Å². The molecule has 0 fully saturated rings. The van der Waals surface area contributed by atoms with Crippen LogP contribution in [0.15, 0.2) is 54.6 Å². The van der Waals surface area contributed by atoms with Crippen LogP contribution < -0.4 is 5.32 Å². The molecule has 0 aliphatic carbocycles. The van der Waals surface area contributed by atoms with Gasteiger partial charge in [-0.25, -0.2) is 0 Å². The van der Waals surface area contributed by atoms with Crippen LogP contribution in [0.25, 0.3) is 0 Å². The molecule has 0 radical (unpaired) electrons. The fraction of sp³-hybridized carbons (Fsp3) is 0.333. The summed E-state index contributed by atoms with van der Waals surface area (Å²) in [6.07, 6.45) is 0. The summed E-state index contributed by atoms with van der Waals surface area (Å²) in [5.41, 5.74) is 2.98. The van der Waals surface area contributed by atoms with Crippen molar-refractivity contribution in [3.05, 3.63) is 65.7 Å². The van der Waals surface area contributed by atoms with Crippen molar-refractivity contribution in [3.8, 4) is 0 Å². The third-order valence-corrected chi connectivity index (χ3v) is 5.32. The molecule has 2 aromatic carbocycles. The molecule has 0 heterocycles. The Morgan fingerprint density at radius 2 is 1.77 bits per heavy atom. The predicted octanol–water partition coefficient (Wildman–Crippen LogP) is 4.32. The molecule has 0 saturated carbocycles. The number of hydrogen-bond donors (Lipinski definition) is 1. The second-order valence-corrected chi connectivity index (χ2v) is 7.49. The van der Waals surface area contributed by atoms with Crippen molar-refractivity contribution >= 4 is 29.3 Å². The van der Waals surface area contributed by atoms with Gasteiger partial charge in [-0.2, -0.15) is 0 Å². The van der Waals surface area contributed by atoms with E-state index in [-0.39, 0.29) is 17.1 Å². The van der Waals surface area contributed by atoms with Crippen LogP contribution in [0.5, 0.6) is 0 Å². The molecule has 4 nitrogen and oxygen atoms in total. The fourth-order valence-electron chi connectivity index (χ4n) is 2.53. The van der Waals surface area contributed by atoms with Crippen LogP contribution in [0.3, 0.4) is 0 Å². The summed E-state index contributed by atoms with van der Waals surface area (Å²) >= 11 is 1.61. The van der Waals surface area contributed by atoms with Crippen LogP contribution in [-0.4, -0.2) is 28.5 Å². The van der Waals surface area contributed by atoms with Crippen LogP contribution in [0.1, 0.15) is 31.9 Å². The second kappa shape index (κ2) is 10.0. The van der Waals surface area contributed by atoms with Gasteiger partial charge in [0, 0.05) is 31.5 Å². The third-order valence-electron chi connectivity index (χ3n) is 4.11. The molecule has 5 heteroatoms. The molecule has 138 valence electrons. The van der Waals surface area contributed by atoms with E-state index in [1.54, 1.807) is 23.6 Å². The molecule has 0 aliphatic heterocycles. The molecular formula is C21H26N2O2S. The summed E-state index contributed by atoms with van der Waals surface area (Å²) in [7, 11) is 0. The number of carbonyl (C=O) groups excluding carboxylic acids is 2. The molecule has 0 bridgehead atoms. The Labute approximate surface area is 160 Å². The van der Waals surface area contributed by atoms with Gasteiger partial charge in [0.2, 0.25) is 11.8 Å². The largest absolute Gasteiger partial charge is 0.339 e. The first-order valence-corrected chi connectivity index (χ1v) is 9.85. The van der Waals surface area contributed by atoms with Gasteiger partial charge in [0.25, 0.3) is 0 Å². The minimum atomic E-state index is -0.150. The Morgan fingerprint density at radius 1 is 1.08 bits per heavy atom. The maximum absolute atomic E-state index is 12.4. The second-order valence-electron chi connectivity index (χ2n) is 6.16. The zero-order valence-electron chi connectivity index (χ0n) is 15.6. The first kappa shape index (κ1) is 20.0. The van der Waals surface area contributed by atoms with Crippen LogP contribution in [0.2, 0.25) is 0 Å². The molecule has 0 aromatic heterocycles. The molecule has 0 spiro atoms. The van der Waals surface area contributed by atoms with Gasteiger partial charge in [-0.3, -0.25) is 9.59 Å². The lowest BCUT2D eigenvalue weighted by atomic mass is 10.2. The van der Waals surface area contributed by atoms with Crippen molar-refractivity contribution in [2.75, 3.05) is 11.9 Å². The maximum atomic E-state index is 12.4. The number of benzene rings is 2. The van der Waals surface area contributed by atoms with E-state index in [1.165, 1.54) is 5.56 Å². The Hall–Kier alpha value is -2.27. The molecule has 2 amide bonds. The lowest BCUT2D eigenvalue weighted by Crippen LogP contribution is -2.27. The van der Waals surface area contributed by atoms with Gasteiger partial charge >= 0.3 is 0 Å². The summed E-state index contributed by atoms with van der Waals surface area (Å²) in [5, 5.41) is 2.83. The normalized spacial score (nSPS) is 11.7. The lowest BCUT2D eigenvalue weighted by Gasteiger charge is -2.19. The zero-order chi connectivity index (χ0) is 18.9. The molecule has 0 saturated heterocycles. The average Bonchev–Trinajstić information content (AvgIpc) is 2.65. The monoisotopic (exact) mass is 370 g/mol. The van der Waals surface area contributed by atoms with Crippen LogP contribution in [0, 0.1) is 0 Å². The summed E-state index contributed by atoms with van der Waals surface area (Å²) in [6, 6.07) is 17.8.